The molecule has 0 saturated heterocycles. The summed E-state index contributed by atoms with van der Waals surface area (Å²) in [6.07, 6.45) is 3.81. The summed E-state index contributed by atoms with van der Waals surface area (Å²) in [4.78, 5) is 64.1. The molecule has 22 aromatic rings. The van der Waals surface area contributed by atoms with E-state index < -0.39 is 11.9 Å². The molecule has 6 N–H and O–H groups in total. The van der Waals surface area contributed by atoms with E-state index >= 15 is 0 Å². The molecule has 8 heterocycles. The molecule has 0 aliphatic heterocycles. The quantitative estimate of drug-likeness (QED) is 0.0410. The maximum Gasteiger partial charge on any atom is 2.00 e. The van der Waals surface area contributed by atoms with E-state index in [2.05, 4.69) is 106 Å². The second-order valence-corrected chi connectivity index (χ2v) is 31.9. The number of carboxylic acid groups (broad SMARTS) is 2. The number of phenols is 4. The Labute approximate surface area is 868 Å². The summed E-state index contributed by atoms with van der Waals surface area (Å²) < 4.78 is 7.45. The molecule has 0 fully saturated rings. The molecule has 0 unspecified atom stereocenters. The van der Waals surface area contributed by atoms with E-state index in [-0.39, 0.29) is 118 Å². The Bertz CT molecular complexity index is 7800. The van der Waals surface area contributed by atoms with Crippen LogP contribution >= 0.6 is 0 Å². The topological polar surface area (TPSA) is 310 Å². The molecule has 0 aliphatic carbocycles. The van der Waals surface area contributed by atoms with Crippen molar-refractivity contribution in [3.05, 3.63) is 428 Å². The van der Waals surface area contributed by atoms with Crippen molar-refractivity contribution in [1.82, 2.24) is 58.1 Å². The molecule has 0 atom stereocenters. The molecule has 8 aromatic heterocycles. The number of carbonyl (C=O) groups is 2. The third-order valence-electron chi connectivity index (χ3n) is 23.6. The molecule has 704 valence electrons. The zero-order valence-electron chi connectivity index (χ0n) is 75.7. The van der Waals surface area contributed by atoms with Crippen molar-refractivity contribution >= 4 is 84.5 Å². The van der Waals surface area contributed by atoms with Gasteiger partial charge in [0.2, 0.25) is 0 Å². The van der Waals surface area contributed by atoms with Gasteiger partial charge in [0.05, 0.1) is 67.4 Å². The smallest absolute Gasteiger partial charge is 0.686 e. The Morgan fingerprint density at radius 2 is 0.596 bits per heavy atom. The molecule has 0 radical (unpaired) electrons. The number of rotatable bonds is 19. The van der Waals surface area contributed by atoms with Crippen molar-refractivity contribution < 1.29 is 124 Å². The first-order chi connectivity index (χ1) is 67.0. The second kappa shape index (κ2) is 44.5. The molecule has 23 nitrogen and oxygen atoms in total. The van der Waals surface area contributed by atoms with Crippen molar-refractivity contribution in [2.24, 2.45) is 14.1 Å². The summed E-state index contributed by atoms with van der Waals surface area (Å²) >= 11 is 0. The number of imidazole rings is 4. The second-order valence-electron chi connectivity index (χ2n) is 31.9. The van der Waals surface area contributed by atoms with Crippen LogP contribution in [0.1, 0.15) is 20.7 Å². The van der Waals surface area contributed by atoms with Crippen molar-refractivity contribution in [2.75, 3.05) is 19.0 Å². The normalized spacial score (nSPS) is 10.7. The van der Waals surface area contributed by atoms with Gasteiger partial charge in [-0.05, 0) is 179 Å². The first-order valence-electron chi connectivity index (χ1n) is 43.9. The molecule has 0 amide bonds. The number of aromatic nitrogens is 12. The van der Waals surface area contributed by atoms with Gasteiger partial charge in [-0.15, -0.1) is 25.5 Å². The Kier molecular flexibility index (Phi) is 31.4. The van der Waals surface area contributed by atoms with Crippen LogP contribution in [0.4, 0.5) is 28.7 Å². The number of hydrogen-bond donors (Lipinski definition) is 6. The maximum absolute atomic E-state index is 11.5. The average molecular weight is 2570 g/mol. The number of pyridine rings is 4. The summed E-state index contributed by atoms with van der Waals surface area (Å²) in [5.41, 5.74) is 21.8. The average Bonchev–Trinajstić information content (AvgIpc) is 1.47. The first kappa shape index (κ1) is 99.3. The largest absolute Gasteiger partial charge is 2.00 e. The fraction of sp³-hybridized carbons (Fsp3) is 0.0351. The molecular weight excluding hydrogens is 2490 g/mol. The predicted octanol–water partition coefficient (Wildman–Crippen LogP) is 26.4. The summed E-state index contributed by atoms with van der Waals surface area (Å²) in [5.74, 6) is 1.99. The van der Waals surface area contributed by atoms with Crippen LogP contribution in [0.2, 0.25) is 0 Å². The van der Waals surface area contributed by atoms with E-state index in [9.17, 15) is 40.2 Å². The molecule has 0 spiro atoms. The van der Waals surface area contributed by atoms with Gasteiger partial charge in [0.25, 0.3) is 0 Å². The zero-order valence-corrected chi connectivity index (χ0v) is 84.7. The van der Waals surface area contributed by atoms with Crippen LogP contribution in [0.5, 0.6) is 23.0 Å². The number of hydrogen-bond acceptors (Lipinski definition) is 15. The van der Waals surface area contributed by atoms with Gasteiger partial charge in [-0.25, -0.2) is 49.5 Å². The van der Waals surface area contributed by atoms with E-state index in [0.717, 1.165) is 95.0 Å². The number of aryl methyl sites for hydroxylation is 2. The Hall–Kier alpha value is -16.1. The number of anilines is 3. The Balaban J connectivity index is 0.000000142. The summed E-state index contributed by atoms with van der Waals surface area (Å²) in [6.45, 7) is 0. The monoisotopic (exact) mass is 2570 g/mol. The number of aromatic carboxylic acids is 2. The molecule has 0 saturated carbocycles. The Morgan fingerprint density at radius 1 is 0.284 bits per heavy atom. The van der Waals surface area contributed by atoms with E-state index in [1.165, 1.54) is 12.1 Å². The van der Waals surface area contributed by atoms with Gasteiger partial charge in [-0.2, -0.15) is 0 Å². The molecule has 27 heteroatoms. The number of nitrogens with zero attached hydrogens (tertiary/aromatic N) is 15. The molecule has 14 aromatic carbocycles. The van der Waals surface area contributed by atoms with Crippen LogP contribution in [0.15, 0.2) is 407 Å². The van der Waals surface area contributed by atoms with Crippen molar-refractivity contribution in [3.63, 3.8) is 0 Å². The third kappa shape index (κ3) is 20.6. The third-order valence-corrected chi connectivity index (χ3v) is 23.6. The number of benzene rings is 14. The van der Waals surface area contributed by atoms with Crippen LogP contribution < -0.4 is 4.90 Å². The summed E-state index contributed by atoms with van der Waals surface area (Å²) in [5, 5.41) is 71.7. The van der Waals surface area contributed by atoms with Gasteiger partial charge >= 0.3 is 33.0 Å². The minimum absolute atomic E-state index is 0. The number of phenolic OH excluding ortho intramolecular Hbond substituents is 4. The van der Waals surface area contributed by atoms with Gasteiger partial charge in [-0.3, -0.25) is 14.0 Å². The number of carboxylic acids is 2. The zero-order chi connectivity index (χ0) is 94.2. The van der Waals surface area contributed by atoms with Gasteiger partial charge in [0.15, 0.2) is 23.3 Å². The minimum Gasteiger partial charge on any atom is -0.686 e. The minimum atomic E-state index is -1.06. The van der Waals surface area contributed by atoms with Crippen LogP contribution in [-0.2, 0) is 98.4 Å². The fourth-order valence-electron chi connectivity index (χ4n) is 16.9. The van der Waals surface area contributed by atoms with Gasteiger partial charge < -0.3 is 50.4 Å². The van der Waals surface area contributed by atoms with Crippen LogP contribution in [0.3, 0.4) is 0 Å². The van der Waals surface area contributed by atoms with Crippen molar-refractivity contribution in [3.8, 4) is 147 Å². The van der Waals surface area contributed by atoms with Crippen LogP contribution in [-0.4, -0.2) is 115 Å². The molecule has 0 aliphatic rings. The van der Waals surface area contributed by atoms with E-state index in [1.54, 1.807) is 96.0 Å². The number of para-hydroxylation sites is 11. The molecular formula is C114H85N15O8Pt4. The van der Waals surface area contributed by atoms with E-state index in [4.69, 9.17) is 29.9 Å². The number of aromatic hydroxyl groups is 4. The predicted molar refractivity (Wildman–Crippen MR) is 542 cm³/mol. The van der Waals surface area contributed by atoms with Gasteiger partial charge in [0.1, 0.15) is 45.7 Å². The summed E-state index contributed by atoms with van der Waals surface area (Å²) in [7, 11) is 7.19. The van der Waals surface area contributed by atoms with E-state index in [0.29, 0.717) is 102 Å². The van der Waals surface area contributed by atoms with Crippen molar-refractivity contribution in [2.45, 2.75) is 0 Å². The standard InChI is InChI=1S/C38H28N4.C30H22N4O2.C28H21N3O2.C18H14N4O4.4Pt/c1-39-33-19-11-9-17-29(33)35-23-31(25-13-5-3-6-14-25)27-21-22-28-32(26-15-7-4-8-16-26)24-36(42-38(28)37(27)41-35)30-18-10-12-20-34(30)40-2;35-27-17-9-7-15-23(27)25-19-33(21-11-3-1-4-12-21)29(31-25)30-32-26(24-16-8-10-18-28(24)36)20-34(30)22-13-5-2-6-14-22;32-25-16-6-4-12-21(25)23-14-8-18-27(29-23)31(20-10-2-1-3-11-20)28-19-9-15-24(30-28)22-13-5-7-17-26(22)33;1-21-11-7-3-5-9(17(23)24)13(11)19-15(21)16-20-14-10(18(25)26)6-4-8-12(14)22(16)2;;;;/h3-24H,1-2H3;1-20,35-36H;1-19,32-33H;3-8H,1-2H3,(H,23,24)(H,25,26);;;;/q-2;;;;;;;+2. The fourth-order valence-corrected chi connectivity index (χ4v) is 16.9. The summed E-state index contributed by atoms with van der Waals surface area (Å²) in [6, 6.07) is 126. The number of fused-ring (bicyclic) bond motifs is 5. The van der Waals surface area contributed by atoms with Crippen LogP contribution in [0.25, 0.3) is 179 Å². The van der Waals surface area contributed by atoms with E-state index in [1.807, 2.05) is 265 Å². The van der Waals surface area contributed by atoms with Gasteiger partial charge in [-0.1, -0.05) is 249 Å². The molecule has 0 bridgehead atoms. The van der Waals surface area contributed by atoms with Crippen LogP contribution in [0, 0.1) is 0 Å². The maximum atomic E-state index is 11.5. The SMILES string of the molecule is C[N-]c1ccccc1-c1cc(-c2ccccc2)c2ccc3c(-c4ccccc4)cc(-c4ccccc4[N-]C)nc3c2n1.Cn1c(-c2nc3c(C(=O)O)cccc3n2C)nc2c(C(=O)O)cccc21.Oc1ccccc1-c1cccc(N(c2ccccc2)c2cccc(-c3ccccc3O)n2)n1.Oc1ccccc1-c1cn(-c2ccccc2)c(-c2nc(-c3ccccc3O)cn2-c2ccccc2)n1.[Pt+2].[Pt].[Pt].[Pt]. The molecule has 22 rings (SSSR count). The molecule has 141 heavy (non-hydrogen) atoms. The van der Waals surface area contributed by atoms with Gasteiger partial charge in [0, 0.05) is 140 Å². The first-order valence-corrected chi connectivity index (χ1v) is 43.9. The van der Waals surface area contributed by atoms with Crippen molar-refractivity contribution in [1.29, 1.82) is 0 Å². The Morgan fingerprint density at radius 3 is 0.943 bits per heavy atom.